The number of fused-ring (bicyclic) bond motifs is 3. The minimum absolute atomic E-state index is 0.0749. The van der Waals surface area contributed by atoms with Crippen LogP contribution >= 0.6 is 0 Å². The van der Waals surface area contributed by atoms with Crippen LogP contribution in [0.1, 0.15) is 37.3 Å². The van der Waals surface area contributed by atoms with Crippen LogP contribution in [-0.4, -0.2) is 41.8 Å². The predicted molar refractivity (Wildman–Crippen MR) is 108 cm³/mol. The van der Waals surface area contributed by atoms with Crippen molar-refractivity contribution in [2.75, 3.05) is 6.61 Å². The van der Waals surface area contributed by atoms with Crippen LogP contribution in [0.15, 0.2) is 48.5 Å². The number of alkyl carbamates (subject to hydrolysis) is 1. The fourth-order valence-electron chi connectivity index (χ4n) is 3.51. The molecule has 0 fully saturated rings. The molecule has 0 aromatic heterocycles. The molecule has 0 heterocycles. The molecule has 7 nitrogen and oxygen atoms in total. The number of hydrogen-bond acceptors (Lipinski definition) is 4. The summed E-state index contributed by atoms with van der Waals surface area (Å²) in [5.41, 5.74) is 4.46. The van der Waals surface area contributed by atoms with Crippen molar-refractivity contribution in [3.8, 4) is 11.1 Å². The van der Waals surface area contributed by atoms with Gasteiger partial charge in [-0.15, -0.1) is 0 Å². The first-order valence-corrected chi connectivity index (χ1v) is 9.57. The molecule has 1 aliphatic carbocycles. The third-order valence-electron chi connectivity index (χ3n) is 5.09. The second-order valence-electron chi connectivity index (χ2n) is 7.00. The highest BCUT2D eigenvalue weighted by Crippen LogP contribution is 2.44. The molecular formula is C22H24N2O5. The Kier molecular flexibility index (Phi) is 6.16. The van der Waals surface area contributed by atoms with Crippen molar-refractivity contribution >= 4 is 18.0 Å². The normalized spacial score (nSPS) is 14.3. The third kappa shape index (κ3) is 4.39. The van der Waals surface area contributed by atoms with Crippen LogP contribution in [0.4, 0.5) is 4.79 Å². The fraction of sp³-hybridized carbons (Fsp3) is 0.318. The van der Waals surface area contributed by atoms with Crippen LogP contribution in [0.25, 0.3) is 11.1 Å². The molecule has 0 radical (unpaired) electrons. The van der Waals surface area contributed by atoms with E-state index in [0.717, 1.165) is 22.3 Å². The minimum atomic E-state index is -1.14. The zero-order chi connectivity index (χ0) is 21.0. The summed E-state index contributed by atoms with van der Waals surface area (Å²) in [5, 5.41) is 13.8. The number of aliphatic carboxylic acids is 1. The van der Waals surface area contributed by atoms with Crippen LogP contribution in [0, 0.1) is 0 Å². The molecule has 29 heavy (non-hydrogen) atoms. The van der Waals surface area contributed by atoms with E-state index in [9.17, 15) is 14.4 Å². The molecule has 3 rings (SSSR count). The lowest BCUT2D eigenvalue weighted by Gasteiger charge is -2.19. The first kappa shape index (κ1) is 20.4. The highest BCUT2D eigenvalue weighted by molar-refractivity contribution is 5.89. The number of carboxylic acids is 1. The van der Waals surface area contributed by atoms with Gasteiger partial charge in [-0.3, -0.25) is 9.59 Å². The highest BCUT2D eigenvalue weighted by Gasteiger charge is 2.29. The molecule has 0 spiro atoms. The van der Waals surface area contributed by atoms with Gasteiger partial charge in [-0.25, -0.2) is 4.79 Å². The predicted octanol–water partition coefficient (Wildman–Crippen LogP) is 2.89. The quantitative estimate of drug-likeness (QED) is 0.667. The summed E-state index contributed by atoms with van der Waals surface area (Å²) < 4.78 is 5.43. The van der Waals surface area contributed by atoms with Crippen molar-refractivity contribution in [3.63, 3.8) is 0 Å². The van der Waals surface area contributed by atoms with Gasteiger partial charge in [0, 0.05) is 5.92 Å². The van der Waals surface area contributed by atoms with Crippen molar-refractivity contribution in [2.45, 2.75) is 38.3 Å². The topological polar surface area (TPSA) is 105 Å². The van der Waals surface area contributed by atoms with Crippen LogP contribution in [-0.2, 0) is 14.3 Å². The summed E-state index contributed by atoms with van der Waals surface area (Å²) in [5.74, 6) is -1.78. The average Bonchev–Trinajstić information content (AvgIpc) is 3.04. The van der Waals surface area contributed by atoms with Gasteiger partial charge in [-0.05, 0) is 35.6 Å². The van der Waals surface area contributed by atoms with Gasteiger partial charge in [0.1, 0.15) is 18.7 Å². The highest BCUT2D eigenvalue weighted by atomic mass is 16.5. The number of nitrogens with one attached hydrogen (secondary N) is 2. The van der Waals surface area contributed by atoms with Crippen molar-refractivity contribution in [2.24, 2.45) is 0 Å². The maximum absolute atomic E-state index is 12.3. The van der Waals surface area contributed by atoms with Crippen LogP contribution in [0.2, 0.25) is 0 Å². The van der Waals surface area contributed by atoms with E-state index in [1.807, 2.05) is 36.4 Å². The standard InChI is InChI=1S/C22H24N2O5/c1-3-19(20(25)23-13(2)21(26)27)24-22(28)29-12-18-16-10-6-4-8-14(16)15-9-5-7-11-17(15)18/h4-11,13,18-19H,3,12H2,1-2H3,(H,23,25)(H,24,28)(H,26,27)/t13-,19-/m0/s1. The molecule has 0 saturated carbocycles. The Morgan fingerprint density at radius 1 is 1.00 bits per heavy atom. The molecule has 0 saturated heterocycles. The van der Waals surface area contributed by atoms with Gasteiger partial charge < -0.3 is 20.5 Å². The Morgan fingerprint density at radius 3 is 2.07 bits per heavy atom. The van der Waals surface area contributed by atoms with Crippen molar-refractivity contribution in [1.29, 1.82) is 0 Å². The monoisotopic (exact) mass is 396 g/mol. The van der Waals surface area contributed by atoms with E-state index < -0.39 is 30.1 Å². The average molecular weight is 396 g/mol. The Labute approximate surface area is 169 Å². The van der Waals surface area contributed by atoms with E-state index in [0.29, 0.717) is 6.42 Å². The Morgan fingerprint density at radius 2 is 1.55 bits per heavy atom. The summed E-state index contributed by atoms with van der Waals surface area (Å²) >= 11 is 0. The number of carboxylic acid groups (broad SMARTS) is 1. The first-order valence-electron chi connectivity index (χ1n) is 9.57. The van der Waals surface area contributed by atoms with Crippen LogP contribution < -0.4 is 10.6 Å². The Bertz CT molecular complexity index is 881. The Hall–Kier alpha value is -3.35. The molecule has 2 atom stereocenters. The number of ether oxygens (including phenoxy) is 1. The second kappa shape index (κ2) is 8.77. The summed E-state index contributed by atoms with van der Waals surface area (Å²) in [6.45, 7) is 3.23. The molecule has 2 aromatic rings. The van der Waals surface area contributed by atoms with Gasteiger partial charge in [0.05, 0.1) is 0 Å². The molecule has 2 aromatic carbocycles. The smallest absolute Gasteiger partial charge is 0.407 e. The molecular weight excluding hydrogens is 372 g/mol. The maximum atomic E-state index is 12.3. The number of hydrogen-bond donors (Lipinski definition) is 3. The molecule has 0 aliphatic heterocycles. The summed E-state index contributed by atoms with van der Waals surface area (Å²) in [6, 6.07) is 14.1. The van der Waals surface area contributed by atoms with Gasteiger partial charge in [-0.1, -0.05) is 55.5 Å². The number of benzene rings is 2. The van der Waals surface area contributed by atoms with Gasteiger partial charge in [0.15, 0.2) is 0 Å². The molecule has 1 aliphatic rings. The SMILES string of the molecule is CC[C@H](NC(=O)OCC1c2ccccc2-c2ccccc21)C(=O)N[C@@H](C)C(=O)O. The Balaban J connectivity index is 1.63. The van der Waals surface area contributed by atoms with Crippen LogP contribution in [0.3, 0.4) is 0 Å². The number of amides is 2. The number of rotatable bonds is 7. The molecule has 7 heteroatoms. The zero-order valence-corrected chi connectivity index (χ0v) is 16.3. The maximum Gasteiger partial charge on any atom is 0.407 e. The molecule has 3 N–H and O–H groups in total. The summed E-state index contributed by atoms with van der Waals surface area (Å²) in [4.78, 5) is 35.3. The van der Waals surface area contributed by atoms with E-state index in [1.54, 1.807) is 6.92 Å². The second-order valence-corrected chi connectivity index (χ2v) is 7.00. The van der Waals surface area contributed by atoms with Gasteiger partial charge in [0.2, 0.25) is 5.91 Å². The van der Waals surface area contributed by atoms with Gasteiger partial charge >= 0.3 is 12.1 Å². The first-order chi connectivity index (χ1) is 13.9. The van der Waals surface area contributed by atoms with E-state index in [4.69, 9.17) is 9.84 Å². The van der Waals surface area contributed by atoms with Gasteiger partial charge in [0.25, 0.3) is 0 Å². The van der Waals surface area contributed by atoms with Crippen molar-refractivity contribution in [1.82, 2.24) is 10.6 Å². The molecule has 0 bridgehead atoms. The largest absolute Gasteiger partial charge is 0.480 e. The number of carbonyl (C=O) groups excluding carboxylic acids is 2. The summed E-state index contributed by atoms with van der Waals surface area (Å²) in [6.07, 6.45) is -0.403. The number of carbonyl (C=O) groups is 3. The molecule has 0 unspecified atom stereocenters. The zero-order valence-electron chi connectivity index (χ0n) is 16.3. The lowest BCUT2D eigenvalue weighted by atomic mass is 9.98. The van der Waals surface area contributed by atoms with E-state index in [-0.39, 0.29) is 12.5 Å². The van der Waals surface area contributed by atoms with E-state index >= 15 is 0 Å². The third-order valence-corrected chi connectivity index (χ3v) is 5.09. The lowest BCUT2D eigenvalue weighted by Crippen LogP contribution is -2.50. The van der Waals surface area contributed by atoms with E-state index in [1.165, 1.54) is 6.92 Å². The molecule has 2 amide bonds. The molecule has 152 valence electrons. The van der Waals surface area contributed by atoms with Crippen LogP contribution in [0.5, 0.6) is 0 Å². The summed E-state index contributed by atoms with van der Waals surface area (Å²) in [7, 11) is 0. The van der Waals surface area contributed by atoms with Crippen molar-refractivity contribution < 1.29 is 24.2 Å². The van der Waals surface area contributed by atoms with Gasteiger partial charge in [-0.2, -0.15) is 0 Å². The minimum Gasteiger partial charge on any atom is -0.480 e. The van der Waals surface area contributed by atoms with Crippen molar-refractivity contribution in [3.05, 3.63) is 59.7 Å². The lowest BCUT2D eigenvalue weighted by molar-refractivity contribution is -0.141. The van der Waals surface area contributed by atoms with E-state index in [2.05, 4.69) is 22.8 Å². The fourth-order valence-corrected chi connectivity index (χ4v) is 3.51.